The molecular formula is C21H19N3O2S2. The van der Waals surface area contributed by atoms with Crippen LogP contribution in [0.4, 0.5) is 5.69 Å². The third-order valence-electron chi connectivity index (χ3n) is 4.48. The fourth-order valence-electron chi connectivity index (χ4n) is 2.95. The van der Waals surface area contributed by atoms with Gasteiger partial charge in [0.2, 0.25) is 0 Å². The molecule has 0 fully saturated rings. The van der Waals surface area contributed by atoms with Crippen LogP contribution in [0.3, 0.4) is 0 Å². The zero-order chi connectivity index (χ0) is 19.7. The standard InChI is InChI=1S/C21H19N3O2S2/c1-13-19(20(25)22-15-5-4-6-17(11-15)27-3)28-21-23-18(12-24(13)21)14-7-9-16(26-2)10-8-14/h4-12H,1-3H3,(H,22,25). The molecule has 0 unspecified atom stereocenters. The minimum atomic E-state index is -0.114. The maximum Gasteiger partial charge on any atom is 0.267 e. The first kappa shape index (κ1) is 18.6. The summed E-state index contributed by atoms with van der Waals surface area (Å²) >= 11 is 3.04. The molecule has 4 rings (SSSR count). The summed E-state index contributed by atoms with van der Waals surface area (Å²) in [5.74, 6) is 0.697. The number of carbonyl (C=O) groups is 1. The van der Waals surface area contributed by atoms with Gasteiger partial charge in [0.15, 0.2) is 4.96 Å². The Balaban J connectivity index is 1.61. The molecular weight excluding hydrogens is 390 g/mol. The highest BCUT2D eigenvalue weighted by molar-refractivity contribution is 7.98. The Morgan fingerprint density at radius 1 is 1.21 bits per heavy atom. The lowest BCUT2D eigenvalue weighted by Gasteiger charge is -2.06. The van der Waals surface area contributed by atoms with Gasteiger partial charge in [0.25, 0.3) is 5.91 Å². The number of nitrogens with zero attached hydrogens (tertiary/aromatic N) is 2. The summed E-state index contributed by atoms with van der Waals surface area (Å²) in [6.07, 6.45) is 3.98. The van der Waals surface area contributed by atoms with Crippen LogP contribution in [-0.2, 0) is 0 Å². The van der Waals surface area contributed by atoms with Crippen LogP contribution in [-0.4, -0.2) is 28.7 Å². The summed E-state index contributed by atoms with van der Waals surface area (Å²) in [6, 6.07) is 15.6. The topological polar surface area (TPSA) is 55.6 Å². The molecule has 2 heterocycles. The van der Waals surface area contributed by atoms with Gasteiger partial charge in [-0.3, -0.25) is 9.20 Å². The largest absolute Gasteiger partial charge is 0.497 e. The molecule has 2 aromatic carbocycles. The predicted octanol–water partition coefficient (Wildman–Crippen LogP) is 5.35. The Hall–Kier alpha value is -2.77. The van der Waals surface area contributed by atoms with Crippen LogP contribution in [0.5, 0.6) is 5.75 Å². The number of fused-ring (bicyclic) bond motifs is 1. The number of benzene rings is 2. The van der Waals surface area contributed by atoms with Crippen LogP contribution in [0.25, 0.3) is 16.2 Å². The van der Waals surface area contributed by atoms with E-state index in [9.17, 15) is 4.79 Å². The smallest absolute Gasteiger partial charge is 0.267 e. The lowest BCUT2D eigenvalue weighted by molar-refractivity contribution is 0.102. The van der Waals surface area contributed by atoms with Crippen molar-refractivity contribution in [2.24, 2.45) is 0 Å². The van der Waals surface area contributed by atoms with Crippen molar-refractivity contribution < 1.29 is 9.53 Å². The maximum atomic E-state index is 12.8. The molecule has 5 nitrogen and oxygen atoms in total. The van der Waals surface area contributed by atoms with E-state index in [1.54, 1.807) is 18.9 Å². The number of aromatic nitrogens is 2. The number of amides is 1. The number of rotatable bonds is 5. The zero-order valence-corrected chi connectivity index (χ0v) is 17.4. The molecule has 0 saturated carbocycles. The molecule has 142 valence electrons. The molecule has 0 aliphatic rings. The van der Waals surface area contributed by atoms with Crippen molar-refractivity contribution in [3.05, 3.63) is 65.3 Å². The summed E-state index contributed by atoms with van der Waals surface area (Å²) in [5.41, 5.74) is 3.56. The van der Waals surface area contributed by atoms with E-state index < -0.39 is 0 Å². The van der Waals surface area contributed by atoms with Crippen LogP contribution in [0.1, 0.15) is 15.4 Å². The molecule has 0 spiro atoms. The van der Waals surface area contributed by atoms with Gasteiger partial charge in [-0.25, -0.2) is 4.98 Å². The van der Waals surface area contributed by atoms with E-state index in [0.29, 0.717) is 4.88 Å². The monoisotopic (exact) mass is 409 g/mol. The van der Waals surface area contributed by atoms with Crippen molar-refractivity contribution >= 4 is 39.7 Å². The van der Waals surface area contributed by atoms with Gasteiger partial charge < -0.3 is 10.1 Å². The van der Waals surface area contributed by atoms with Gasteiger partial charge in [-0.05, 0) is 55.6 Å². The van der Waals surface area contributed by atoms with Crippen LogP contribution in [0, 0.1) is 6.92 Å². The Morgan fingerprint density at radius 2 is 2.00 bits per heavy atom. The molecule has 0 saturated heterocycles. The molecule has 0 bridgehead atoms. The van der Waals surface area contributed by atoms with Crippen molar-refractivity contribution in [3.8, 4) is 17.0 Å². The second-order valence-electron chi connectivity index (χ2n) is 6.21. The van der Waals surface area contributed by atoms with Gasteiger partial charge in [0.1, 0.15) is 10.6 Å². The molecule has 0 aliphatic heterocycles. The maximum absolute atomic E-state index is 12.8. The van der Waals surface area contributed by atoms with Crippen molar-refractivity contribution in [2.75, 3.05) is 18.7 Å². The van der Waals surface area contributed by atoms with Crippen LogP contribution < -0.4 is 10.1 Å². The van der Waals surface area contributed by atoms with E-state index in [0.717, 1.165) is 38.2 Å². The number of aryl methyl sites for hydroxylation is 1. The quantitative estimate of drug-likeness (QED) is 0.451. The molecule has 1 amide bonds. The fourth-order valence-corrected chi connectivity index (χ4v) is 4.41. The van der Waals surface area contributed by atoms with Crippen molar-refractivity contribution in [3.63, 3.8) is 0 Å². The highest BCUT2D eigenvalue weighted by atomic mass is 32.2. The summed E-state index contributed by atoms with van der Waals surface area (Å²) in [4.78, 5) is 20.0. The third kappa shape index (κ3) is 3.50. The number of anilines is 1. The molecule has 2 aromatic heterocycles. The highest BCUT2D eigenvalue weighted by Gasteiger charge is 2.18. The molecule has 1 N–H and O–H groups in total. The second-order valence-corrected chi connectivity index (χ2v) is 8.07. The highest BCUT2D eigenvalue weighted by Crippen LogP contribution is 2.29. The lowest BCUT2D eigenvalue weighted by atomic mass is 10.2. The summed E-state index contributed by atoms with van der Waals surface area (Å²) in [7, 11) is 1.65. The SMILES string of the molecule is COc1ccc(-c2cn3c(C)c(C(=O)Nc4cccc(SC)c4)sc3n2)cc1. The normalized spacial score (nSPS) is 11.0. The number of nitrogens with one attached hydrogen (secondary N) is 1. The van der Waals surface area contributed by atoms with Crippen LogP contribution in [0.15, 0.2) is 59.6 Å². The molecule has 0 aliphatic carbocycles. The number of ether oxygens (including phenoxy) is 1. The van der Waals surface area contributed by atoms with E-state index in [1.807, 2.05) is 72.3 Å². The van der Waals surface area contributed by atoms with Gasteiger partial charge in [-0.1, -0.05) is 17.4 Å². The van der Waals surface area contributed by atoms with Gasteiger partial charge in [-0.2, -0.15) is 0 Å². The van der Waals surface area contributed by atoms with E-state index in [2.05, 4.69) is 5.32 Å². The van der Waals surface area contributed by atoms with Gasteiger partial charge in [0.05, 0.1) is 12.8 Å². The van der Waals surface area contributed by atoms with E-state index >= 15 is 0 Å². The summed E-state index contributed by atoms with van der Waals surface area (Å²) in [5, 5.41) is 2.99. The number of hydrogen-bond donors (Lipinski definition) is 1. The van der Waals surface area contributed by atoms with Crippen LogP contribution >= 0.6 is 23.1 Å². The number of hydrogen-bond acceptors (Lipinski definition) is 5. The van der Waals surface area contributed by atoms with Crippen molar-refractivity contribution in [1.82, 2.24) is 9.38 Å². The van der Waals surface area contributed by atoms with E-state index in [4.69, 9.17) is 9.72 Å². The first-order valence-electron chi connectivity index (χ1n) is 8.67. The Morgan fingerprint density at radius 3 is 2.68 bits per heavy atom. The summed E-state index contributed by atoms with van der Waals surface area (Å²) < 4.78 is 7.17. The molecule has 28 heavy (non-hydrogen) atoms. The van der Waals surface area contributed by atoms with Gasteiger partial charge in [0, 0.05) is 28.0 Å². The number of imidazole rings is 1. The Kier molecular flexibility index (Phi) is 5.11. The Labute approximate surface area is 171 Å². The lowest BCUT2D eigenvalue weighted by Crippen LogP contribution is -2.11. The van der Waals surface area contributed by atoms with E-state index in [1.165, 1.54) is 11.3 Å². The second kappa shape index (κ2) is 7.69. The first-order valence-corrected chi connectivity index (χ1v) is 10.7. The molecule has 0 atom stereocenters. The number of thioether (sulfide) groups is 1. The number of methoxy groups -OCH3 is 1. The number of carbonyl (C=O) groups excluding carboxylic acids is 1. The number of thiazole rings is 1. The Bertz CT molecular complexity index is 1150. The van der Waals surface area contributed by atoms with Gasteiger partial charge >= 0.3 is 0 Å². The third-order valence-corrected chi connectivity index (χ3v) is 6.36. The fraction of sp³-hybridized carbons (Fsp3) is 0.143. The van der Waals surface area contributed by atoms with E-state index in [-0.39, 0.29) is 5.91 Å². The molecule has 7 heteroatoms. The van der Waals surface area contributed by atoms with Gasteiger partial charge in [-0.15, -0.1) is 11.8 Å². The van der Waals surface area contributed by atoms with Crippen molar-refractivity contribution in [2.45, 2.75) is 11.8 Å². The van der Waals surface area contributed by atoms with Crippen molar-refractivity contribution in [1.29, 1.82) is 0 Å². The predicted molar refractivity (Wildman–Crippen MR) is 116 cm³/mol. The summed E-state index contributed by atoms with van der Waals surface area (Å²) in [6.45, 7) is 1.94. The van der Waals surface area contributed by atoms with Crippen LogP contribution in [0.2, 0.25) is 0 Å². The molecule has 0 radical (unpaired) electrons. The average molecular weight is 410 g/mol. The minimum Gasteiger partial charge on any atom is -0.497 e. The first-order chi connectivity index (χ1) is 13.6. The molecule has 4 aromatic rings. The zero-order valence-electron chi connectivity index (χ0n) is 15.7. The average Bonchev–Trinajstić information content (AvgIpc) is 3.28. The minimum absolute atomic E-state index is 0.114.